The summed E-state index contributed by atoms with van der Waals surface area (Å²) in [5, 5.41) is 14.8. The number of halogens is 1. The lowest BCUT2D eigenvalue weighted by atomic mass is 10.1. The van der Waals surface area contributed by atoms with Crippen molar-refractivity contribution in [3.8, 4) is 11.8 Å². The molecule has 0 radical (unpaired) electrons. The first-order valence-corrected chi connectivity index (χ1v) is 9.67. The van der Waals surface area contributed by atoms with Gasteiger partial charge in [0.05, 0.1) is 28.1 Å². The lowest BCUT2D eigenvalue weighted by molar-refractivity contribution is 0.598. The number of nitriles is 1. The minimum atomic E-state index is -0.213. The number of para-hydroxylation sites is 2. The van der Waals surface area contributed by atoms with Crippen LogP contribution in [-0.4, -0.2) is 45.9 Å². The molecule has 0 bridgehead atoms. The molecule has 0 N–H and O–H groups in total. The Labute approximate surface area is 172 Å². The van der Waals surface area contributed by atoms with Crippen LogP contribution >= 0.6 is 0 Å². The van der Waals surface area contributed by atoms with Gasteiger partial charge in [0, 0.05) is 37.8 Å². The number of hydrogen-bond donors (Lipinski definition) is 0. The van der Waals surface area contributed by atoms with Crippen molar-refractivity contribution in [3.63, 3.8) is 0 Å². The summed E-state index contributed by atoms with van der Waals surface area (Å²) in [6, 6.07) is 14.9. The minimum Gasteiger partial charge on any atom is -0.366 e. The van der Waals surface area contributed by atoms with Crippen LogP contribution in [-0.2, 0) is 0 Å². The number of rotatable bonds is 3. The van der Waals surface area contributed by atoms with Crippen LogP contribution in [0.25, 0.3) is 16.6 Å². The fraction of sp³-hybridized carbons (Fsp3) is 0.182. The maximum Gasteiger partial charge on any atom is 0.146 e. The van der Waals surface area contributed by atoms with Crippen molar-refractivity contribution < 1.29 is 4.39 Å². The van der Waals surface area contributed by atoms with Gasteiger partial charge in [0.25, 0.3) is 0 Å². The standard InChI is InChI=1S/C22H18FN7/c23-18-5-1-2-6-19(18)28-8-10-29(11-9-28)22-16(12-24)13-26-21-17(22)4-3-7-20(21)30-15-25-14-27-30/h1-7,13-15H,8-11H2. The molecule has 1 fully saturated rings. The van der Waals surface area contributed by atoms with E-state index in [4.69, 9.17) is 0 Å². The van der Waals surface area contributed by atoms with Gasteiger partial charge in [-0.25, -0.2) is 14.1 Å². The summed E-state index contributed by atoms with van der Waals surface area (Å²) in [7, 11) is 0. The van der Waals surface area contributed by atoms with Crippen LogP contribution in [0.15, 0.2) is 61.3 Å². The highest BCUT2D eigenvalue weighted by molar-refractivity contribution is 5.98. The summed E-state index contributed by atoms with van der Waals surface area (Å²) in [6.07, 6.45) is 4.72. The van der Waals surface area contributed by atoms with Gasteiger partial charge in [0.15, 0.2) is 0 Å². The van der Waals surface area contributed by atoms with E-state index in [1.54, 1.807) is 29.3 Å². The van der Waals surface area contributed by atoms with Crippen molar-refractivity contribution in [3.05, 3.63) is 72.7 Å². The Balaban J connectivity index is 1.52. The van der Waals surface area contributed by atoms with Crippen molar-refractivity contribution in [1.82, 2.24) is 19.7 Å². The van der Waals surface area contributed by atoms with Crippen molar-refractivity contribution in [1.29, 1.82) is 5.26 Å². The summed E-state index contributed by atoms with van der Waals surface area (Å²) >= 11 is 0. The summed E-state index contributed by atoms with van der Waals surface area (Å²) < 4.78 is 15.8. The Morgan fingerprint density at radius 1 is 0.933 bits per heavy atom. The van der Waals surface area contributed by atoms with Crippen LogP contribution < -0.4 is 9.80 Å². The van der Waals surface area contributed by atoms with Crippen molar-refractivity contribution in [2.45, 2.75) is 0 Å². The van der Waals surface area contributed by atoms with E-state index < -0.39 is 0 Å². The van der Waals surface area contributed by atoms with Gasteiger partial charge < -0.3 is 9.80 Å². The SMILES string of the molecule is N#Cc1cnc2c(-n3cncn3)cccc2c1N1CCN(c2ccccc2F)CC1. The lowest BCUT2D eigenvalue weighted by Gasteiger charge is -2.38. The number of pyridine rings is 1. The molecule has 0 unspecified atom stereocenters. The first-order valence-electron chi connectivity index (χ1n) is 9.67. The van der Waals surface area contributed by atoms with Crippen LogP contribution in [0, 0.1) is 17.1 Å². The summed E-state index contributed by atoms with van der Waals surface area (Å²) in [6.45, 7) is 2.68. The number of hydrogen-bond acceptors (Lipinski definition) is 6. The quantitative estimate of drug-likeness (QED) is 0.527. The Bertz CT molecular complexity index is 1240. The zero-order valence-corrected chi connectivity index (χ0v) is 16.1. The third-order valence-corrected chi connectivity index (χ3v) is 5.42. The largest absolute Gasteiger partial charge is 0.366 e. The topological polar surface area (TPSA) is 73.9 Å². The minimum absolute atomic E-state index is 0.213. The highest BCUT2D eigenvalue weighted by Crippen LogP contribution is 2.33. The fourth-order valence-corrected chi connectivity index (χ4v) is 4.01. The molecule has 3 heterocycles. The molecule has 30 heavy (non-hydrogen) atoms. The molecular formula is C22H18FN7. The average Bonchev–Trinajstić information content (AvgIpc) is 3.33. The highest BCUT2D eigenvalue weighted by atomic mass is 19.1. The maximum atomic E-state index is 14.2. The van der Waals surface area contributed by atoms with E-state index in [0.29, 0.717) is 37.4 Å². The Kier molecular flexibility index (Phi) is 4.48. The van der Waals surface area contributed by atoms with E-state index in [1.807, 2.05) is 29.2 Å². The van der Waals surface area contributed by atoms with E-state index in [2.05, 4.69) is 26.0 Å². The molecule has 0 aliphatic carbocycles. The van der Waals surface area contributed by atoms with Gasteiger partial charge in [-0.3, -0.25) is 4.98 Å². The molecule has 2 aromatic heterocycles. The Morgan fingerprint density at radius 2 is 1.70 bits per heavy atom. The molecule has 7 nitrogen and oxygen atoms in total. The third-order valence-electron chi connectivity index (χ3n) is 5.42. The second kappa shape index (κ2) is 7.44. The molecule has 2 aromatic carbocycles. The second-order valence-corrected chi connectivity index (χ2v) is 7.07. The second-order valence-electron chi connectivity index (χ2n) is 7.07. The van der Waals surface area contributed by atoms with Gasteiger partial charge in [-0.15, -0.1) is 0 Å². The van der Waals surface area contributed by atoms with Gasteiger partial charge in [0.2, 0.25) is 0 Å². The van der Waals surface area contributed by atoms with E-state index in [1.165, 1.54) is 12.4 Å². The molecule has 1 saturated heterocycles. The lowest BCUT2D eigenvalue weighted by Crippen LogP contribution is -2.47. The Morgan fingerprint density at radius 3 is 2.43 bits per heavy atom. The van der Waals surface area contributed by atoms with Gasteiger partial charge in [-0.2, -0.15) is 10.4 Å². The summed E-state index contributed by atoms with van der Waals surface area (Å²) in [5.74, 6) is -0.213. The number of piperazine rings is 1. The molecule has 0 saturated carbocycles. The predicted octanol–water partition coefficient (Wildman–Crippen LogP) is 3.15. The Hall–Kier alpha value is -3.99. The maximum absolute atomic E-state index is 14.2. The van der Waals surface area contributed by atoms with Gasteiger partial charge in [-0.05, 0) is 18.2 Å². The molecule has 0 amide bonds. The van der Waals surface area contributed by atoms with Crippen LogP contribution in [0.3, 0.4) is 0 Å². The smallest absolute Gasteiger partial charge is 0.146 e. The van der Waals surface area contributed by atoms with Crippen molar-refractivity contribution in [2.75, 3.05) is 36.0 Å². The van der Waals surface area contributed by atoms with Gasteiger partial charge in [0.1, 0.15) is 24.5 Å². The zero-order valence-electron chi connectivity index (χ0n) is 16.1. The summed E-state index contributed by atoms with van der Waals surface area (Å²) in [4.78, 5) is 12.8. The summed E-state index contributed by atoms with van der Waals surface area (Å²) in [5.41, 5.74) is 3.57. The van der Waals surface area contributed by atoms with E-state index in [0.717, 1.165) is 22.3 Å². The molecular weight excluding hydrogens is 381 g/mol. The molecule has 1 aliphatic rings. The zero-order chi connectivity index (χ0) is 20.5. The first-order chi connectivity index (χ1) is 14.8. The van der Waals surface area contributed by atoms with Crippen LogP contribution in [0.2, 0.25) is 0 Å². The predicted molar refractivity (Wildman–Crippen MR) is 112 cm³/mol. The van der Waals surface area contributed by atoms with Gasteiger partial charge >= 0.3 is 0 Å². The monoisotopic (exact) mass is 399 g/mol. The molecule has 148 valence electrons. The molecule has 0 atom stereocenters. The average molecular weight is 399 g/mol. The van der Waals surface area contributed by atoms with Crippen LogP contribution in [0.4, 0.5) is 15.8 Å². The third kappa shape index (κ3) is 3.01. The highest BCUT2D eigenvalue weighted by Gasteiger charge is 2.24. The molecule has 1 aliphatic heterocycles. The molecule has 4 aromatic rings. The fourth-order valence-electron chi connectivity index (χ4n) is 4.01. The van der Waals surface area contributed by atoms with Crippen LogP contribution in [0.1, 0.15) is 5.56 Å². The number of nitrogens with zero attached hydrogens (tertiary/aromatic N) is 7. The van der Waals surface area contributed by atoms with Gasteiger partial charge in [-0.1, -0.05) is 24.3 Å². The normalized spacial score (nSPS) is 14.1. The number of aromatic nitrogens is 4. The van der Waals surface area contributed by atoms with E-state index in [9.17, 15) is 9.65 Å². The number of benzene rings is 2. The van der Waals surface area contributed by atoms with E-state index in [-0.39, 0.29) is 5.82 Å². The molecule has 0 spiro atoms. The van der Waals surface area contributed by atoms with E-state index >= 15 is 0 Å². The first kappa shape index (κ1) is 18.1. The number of fused-ring (bicyclic) bond motifs is 1. The van der Waals surface area contributed by atoms with Crippen LogP contribution in [0.5, 0.6) is 0 Å². The van der Waals surface area contributed by atoms with Crippen molar-refractivity contribution in [2.24, 2.45) is 0 Å². The molecule has 5 rings (SSSR count). The van der Waals surface area contributed by atoms with Crippen molar-refractivity contribution >= 4 is 22.3 Å². The molecule has 8 heteroatoms. The number of anilines is 2.